The van der Waals surface area contributed by atoms with Crippen LogP contribution in [0, 0.1) is 17.3 Å². The first kappa shape index (κ1) is 13.1. The number of rotatable bonds is 0. The van der Waals surface area contributed by atoms with E-state index >= 15 is 0 Å². The molecule has 0 spiro atoms. The maximum Gasteiger partial charge on any atom is 0.144 e. The molecule has 3 aliphatic rings. The van der Waals surface area contributed by atoms with Gasteiger partial charge in [0.15, 0.2) is 0 Å². The molecule has 19 heavy (non-hydrogen) atoms. The van der Waals surface area contributed by atoms with Gasteiger partial charge in [-0.05, 0) is 31.8 Å². The lowest BCUT2D eigenvalue weighted by Gasteiger charge is -2.55. The Morgan fingerprint density at radius 1 is 1.42 bits per heavy atom. The molecular weight excluding hydrogens is 240 g/mol. The third-order valence-corrected chi connectivity index (χ3v) is 5.39. The Bertz CT molecular complexity index is 478. The van der Waals surface area contributed by atoms with Crippen LogP contribution >= 0.6 is 0 Å². The van der Waals surface area contributed by atoms with Gasteiger partial charge in [0, 0.05) is 12.3 Å². The molecule has 2 aliphatic carbocycles. The lowest BCUT2D eigenvalue weighted by Crippen LogP contribution is -2.62. The van der Waals surface area contributed by atoms with Crippen LogP contribution in [0.15, 0.2) is 23.8 Å². The third kappa shape index (κ3) is 1.61. The van der Waals surface area contributed by atoms with Crippen LogP contribution in [0.2, 0.25) is 0 Å². The molecule has 5 atom stereocenters. The van der Waals surface area contributed by atoms with Crippen molar-refractivity contribution in [2.75, 3.05) is 6.61 Å². The zero-order valence-corrected chi connectivity index (χ0v) is 11.8. The Kier molecular flexibility index (Phi) is 2.77. The standard InChI is InChI=1S/C16H22O3/c1-10-8-11-4-6-15(2)16(3,13(18)5-7-19-15)14(11)12(17)9-10/h4,6,8,10,12,14,17H,5,7,9H2,1-3H3/t10-,12+,14?,15-,16+/m1/s1. The Balaban J connectivity index is 2.16. The number of carbonyl (C=O) groups excluding carboxylic acids is 1. The second-order valence-corrected chi connectivity index (χ2v) is 6.59. The molecule has 104 valence electrons. The average molecular weight is 262 g/mol. The third-order valence-electron chi connectivity index (χ3n) is 5.39. The van der Waals surface area contributed by atoms with Crippen LogP contribution in [-0.2, 0) is 9.53 Å². The number of carbonyl (C=O) groups is 1. The number of hydrogen-bond donors (Lipinski definition) is 1. The molecule has 0 amide bonds. The Labute approximate surface area is 114 Å². The predicted octanol–water partition coefficient (Wildman–Crippen LogP) is 2.25. The molecule has 1 fully saturated rings. The summed E-state index contributed by atoms with van der Waals surface area (Å²) >= 11 is 0. The van der Waals surface area contributed by atoms with E-state index in [9.17, 15) is 9.90 Å². The Morgan fingerprint density at radius 2 is 2.16 bits per heavy atom. The summed E-state index contributed by atoms with van der Waals surface area (Å²) < 4.78 is 5.92. The molecular formula is C16H22O3. The maximum atomic E-state index is 12.6. The Morgan fingerprint density at radius 3 is 2.89 bits per heavy atom. The van der Waals surface area contributed by atoms with Crippen LogP contribution in [0.3, 0.4) is 0 Å². The van der Waals surface area contributed by atoms with Gasteiger partial charge >= 0.3 is 0 Å². The van der Waals surface area contributed by atoms with Crippen LogP contribution in [-0.4, -0.2) is 29.2 Å². The average Bonchev–Trinajstić information content (AvgIpc) is 2.32. The lowest BCUT2D eigenvalue weighted by atomic mass is 9.53. The molecule has 0 saturated carbocycles. The summed E-state index contributed by atoms with van der Waals surface area (Å²) in [5.41, 5.74) is -0.137. The molecule has 0 aromatic heterocycles. The summed E-state index contributed by atoms with van der Waals surface area (Å²) in [4.78, 5) is 12.6. The van der Waals surface area contributed by atoms with Crippen LogP contribution in [0.1, 0.15) is 33.6 Å². The molecule has 3 nitrogen and oxygen atoms in total. The smallest absolute Gasteiger partial charge is 0.144 e. The van der Waals surface area contributed by atoms with E-state index < -0.39 is 17.1 Å². The normalized spacial score (nSPS) is 49.4. The fraction of sp³-hybridized carbons (Fsp3) is 0.688. The fourth-order valence-electron chi connectivity index (χ4n) is 4.12. The van der Waals surface area contributed by atoms with Crippen LogP contribution in [0.5, 0.6) is 0 Å². The number of ether oxygens (including phenoxy) is 1. The number of fused-ring (bicyclic) bond motifs is 3. The van der Waals surface area contributed by atoms with Gasteiger partial charge in [0.2, 0.25) is 0 Å². The number of hydrogen-bond acceptors (Lipinski definition) is 3. The largest absolute Gasteiger partial charge is 0.392 e. The van der Waals surface area contributed by atoms with Gasteiger partial charge < -0.3 is 9.84 Å². The van der Waals surface area contributed by atoms with E-state index in [0.29, 0.717) is 18.9 Å². The van der Waals surface area contributed by atoms with Crippen molar-refractivity contribution in [2.45, 2.75) is 45.3 Å². The van der Waals surface area contributed by atoms with Crippen molar-refractivity contribution < 1.29 is 14.6 Å². The highest BCUT2D eigenvalue weighted by Gasteiger charge is 2.60. The fourth-order valence-corrected chi connectivity index (χ4v) is 4.12. The number of ketones is 1. The van der Waals surface area contributed by atoms with Crippen molar-refractivity contribution in [3.8, 4) is 0 Å². The minimum absolute atomic E-state index is 0.133. The molecule has 0 bridgehead atoms. The SMILES string of the molecule is C[C@@H]1C=C2C=C[C@@]3(C)OCCC(=O)[C@@]3(C)C2[C@@H](O)C1. The highest BCUT2D eigenvalue weighted by molar-refractivity contribution is 5.88. The first-order valence-electron chi connectivity index (χ1n) is 7.15. The first-order valence-corrected chi connectivity index (χ1v) is 7.15. The van der Waals surface area contributed by atoms with Gasteiger partial charge in [0.1, 0.15) is 5.78 Å². The quantitative estimate of drug-likeness (QED) is 0.728. The van der Waals surface area contributed by atoms with Crippen molar-refractivity contribution in [1.29, 1.82) is 0 Å². The van der Waals surface area contributed by atoms with Crippen molar-refractivity contribution in [3.63, 3.8) is 0 Å². The highest BCUT2D eigenvalue weighted by Crippen LogP contribution is 2.55. The summed E-state index contributed by atoms with van der Waals surface area (Å²) in [6.07, 6.45) is 6.96. The predicted molar refractivity (Wildman–Crippen MR) is 72.6 cm³/mol. The van der Waals surface area contributed by atoms with E-state index in [2.05, 4.69) is 13.0 Å². The van der Waals surface area contributed by atoms with Gasteiger partial charge in [-0.1, -0.05) is 25.2 Å². The van der Waals surface area contributed by atoms with Crippen molar-refractivity contribution >= 4 is 5.78 Å². The Hall–Kier alpha value is -0.930. The van der Waals surface area contributed by atoms with E-state index in [-0.39, 0.29) is 11.7 Å². The molecule has 1 N–H and O–H groups in total. The molecule has 0 radical (unpaired) electrons. The number of Topliss-reactive ketones (excluding diaryl/α,β-unsaturated/α-hetero) is 1. The maximum absolute atomic E-state index is 12.6. The summed E-state index contributed by atoms with van der Waals surface area (Å²) in [6.45, 7) is 6.53. The molecule has 3 rings (SSSR count). The van der Waals surface area contributed by atoms with Gasteiger partial charge in [0.25, 0.3) is 0 Å². The minimum Gasteiger partial charge on any atom is -0.392 e. The van der Waals surface area contributed by atoms with Crippen molar-refractivity contribution in [3.05, 3.63) is 23.8 Å². The molecule has 0 aromatic carbocycles. The molecule has 3 heteroatoms. The van der Waals surface area contributed by atoms with E-state index in [1.165, 1.54) is 0 Å². The highest BCUT2D eigenvalue weighted by atomic mass is 16.5. The zero-order chi connectivity index (χ0) is 13.8. The second-order valence-electron chi connectivity index (χ2n) is 6.59. The van der Waals surface area contributed by atoms with Crippen LogP contribution in [0.25, 0.3) is 0 Å². The molecule has 1 heterocycles. The van der Waals surface area contributed by atoms with Gasteiger partial charge in [-0.15, -0.1) is 0 Å². The minimum atomic E-state index is -0.647. The van der Waals surface area contributed by atoms with Gasteiger partial charge in [0.05, 0.1) is 23.7 Å². The van der Waals surface area contributed by atoms with E-state index in [0.717, 1.165) is 12.0 Å². The van der Waals surface area contributed by atoms with Gasteiger partial charge in [-0.25, -0.2) is 0 Å². The summed E-state index contributed by atoms with van der Waals surface area (Å²) in [5.74, 6) is 0.445. The first-order chi connectivity index (χ1) is 8.88. The van der Waals surface area contributed by atoms with Crippen LogP contribution < -0.4 is 0 Å². The van der Waals surface area contributed by atoms with Crippen molar-refractivity contribution in [2.24, 2.45) is 17.3 Å². The van der Waals surface area contributed by atoms with Crippen LogP contribution in [0.4, 0.5) is 0 Å². The molecule has 1 unspecified atom stereocenters. The van der Waals surface area contributed by atoms with Gasteiger partial charge in [-0.3, -0.25) is 4.79 Å². The monoisotopic (exact) mass is 262 g/mol. The van der Waals surface area contributed by atoms with Crippen molar-refractivity contribution in [1.82, 2.24) is 0 Å². The van der Waals surface area contributed by atoms with Gasteiger partial charge in [-0.2, -0.15) is 0 Å². The molecule has 1 aliphatic heterocycles. The summed E-state index contributed by atoms with van der Waals surface area (Å²) in [7, 11) is 0. The lowest BCUT2D eigenvalue weighted by molar-refractivity contribution is -0.178. The zero-order valence-electron chi connectivity index (χ0n) is 11.8. The number of aliphatic hydroxyl groups is 1. The molecule has 1 saturated heterocycles. The summed E-state index contributed by atoms with van der Waals surface area (Å²) in [5, 5.41) is 10.5. The summed E-state index contributed by atoms with van der Waals surface area (Å²) in [6, 6.07) is 0. The topological polar surface area (TPSA) is 46.5 Å². The number of aliphatic hydroxyl groups excluding tert-OH is 1. The second kappa shape index (κ2) is 4.03. The van der Waals surface area contributed by atoms with E-state index in [4.69, 9.17) is 4.74 Å². The van der Waals surface area contributed by atoms with E-state index in [1.807, 2.05) is 26.0 Å². The van der Waals surface area contributed by atoms with E-state index in [1.54, 1.807) is 0 Å². The molecule has 0 aromatic rings. The number of allylic oxidation sites excluding steroid dienone is 2.